The van der Waals surface area contributed by atoms with Crippen LogP contribution < -0.4 is 10.6 Å². The molecule has 53 heavy (non-hydrogen) atoms. The van der Waals surface area contributed by atoms with Crippen molar-refractivity contribution >= 4 is 38.5 Å². The molecule has 0 spiro atoms. The summed E-state index contributed by atoms with van der Waals surface area (Å²) in [6.07, 6.45) is 1.68. The molecule has 0 saturated carbocycles. The number of hydrogen-bond acceptors (Lipinski definition) is 7. The summed E-state index contributed by atoms with van der Waals surface area (Å²) in [6.45, 7) is 8.15. The number of benzene rings is 5. The maximum absolute atomic E-state index is 5.46. The van der Waals surface area contributed by atoms with Gasteiger partial charge in [0, 0.05) is 44.0 Å². The predicted octanol–water partition coefficient (Wildman–Crippen LogP) is 11.2. The lowest BCUT2D eigenvalue weighted by atomic mass is 9.93. The van der Waals surface area contributed by atoms with E-state index < -0.39 is 0 Å². The quantitative estimate of drug-likeness (QED) is 0.181. The molecule has 7 heteroatoms. The van der Waals surface area contributed by atoms with Crippen LogP contribution in [0.5, 0.6) is 0 Å². The molecule has 0 radical (unpaired) electrons. The van der Waals surface area contributed by atoms with E-state index in [1.807, 2.05) is 26.8 Å². The normalized spacial score (nSPS) is 16.6. The first-order valence-corrected chi connectivity index (χ1v) is 18.8. The summed E-state index contributed by atoms with van der Waals surface area (Å²) in [6, 6.07) is 45.4. The molecule has 258 valence electrons. The molecule has 2 aliphatic rings. The van der Waals surface area contributed by atoms with Crippen molar-refractivity contribution in [1.82, 2.24) is 15.3 Å². The van der Waals surface area contributed by atoms with Crippen LogP contribution in [-0.4, -0.2) is 21.4 Å². The lowest BCUT2D eigenvalue weighted by Gasteiger charge is -2.25. The largest absolute Gasteiger partial charge is 0.364 e. The number of thiophene rings is 1. The molecule has 5 aromatic carbocycles. The van der Waals surface area contributed by atoms with Crippen LogP contribution in [0.2, 0.25) is 0 Å². The third-order valence-electron chi connectivity index (χ3n) is 9.81. The number of aryl methyl sites for hydroxylation is 2. The number of hydrogen-bond donors (Lipinski definition) is 2. The van der Waals surface area contributed by atoms with E-state index in [1.54, 1.807) is 11.3 Å². The van der Waals surface area contributed by atoms with Gasteiger partial charge in [0.2, 0.25) is 0 Å². The standard InChI is InChI=1S/C46H38N6S/c1-27-22-28(2)48-44(47-27)34-18-14-31(15-19-34)36-24-37(32-16-20-35(21-17-32)45-49-29(3)23-30(4)50-45)26-38(25-36)46-51-41(33-10-6-5-7-11-33)43-42(52-46)39-12-8-9-13-40(39)53-43/h5-26,44,46-47,52H,1-4H3. The highest BCUT2D eigenvalue weighted by Gasteiger charge is 2.27. The van der Waals surface area contributed by atoms with Gasteiger partial charge in [0.15, 0.2) is 5.82 Å². The summed E-state index contributed by atoms with van der Waals surface area (Å²) in [5, 5.41) is 8.60. The van der Waals surface area contributed by atoms with Crippen molar-refractivity contribution in [3.05, 3.63) is 172 Å². The number of allylic oxidation sites excluding steroid dienone is 2. The Labute approximate surface area is 313 Å². The van der Waals surface area contributed by atoms with E-state index in [2.05, 4.69) is 145 Å². The number of anilines is 1. The number of nitrogens with one attached hydrogen (secondary N) is 2. The molecule has 0 aliphatic carbocycles. The minimum Gasteiger partial charge on any atom is -0.364 e. The van der Waals surface area contributed by atoms with Gasteiger partial charge in [-0.2, -0.15) is 0 Å². The Morgan fingerprint density at radius 1 is 0.528 bits per heavy atom. The Balaban J connectivity index is 1.16. The molecule has 7 aromatic rings. The highest BCUT2D eigenvalue weighted by molar-refractivity contribution is 7.22. The molecule has 9 rings (SSSR count). The predicted molar refractivity (Wildman–Crippen MR) is 221 cm³/mol. The van der Waals surface area contributed by atoms with Crippen LogP contribution >= 0.6 is 11.3 Å². The smallest absolute Gasteiger partial charge is 0.159 e. The Hall–Kier alpha value is -6.18. The number of nitrogens with zero attached hydrogens (tertiary/aromatic N) is 4. The maximum atomic E-state index is 5.46. The minimum atomic E-state index is -0.296. The first kappa shape index (κ1) is 32.7. The number of aliphatic imine (C=N–C) groups is 2. The van der Waals surface area contributed by atoms with Crippen molar-refractivity contribution in [1.29, 1.82) is 0 Å². The molecule has 2 atom stereocenters. The van der Waals surface area contributed by atoms with Crippen LogP contribution in [0, 0.1) is 13.8 Å². The van der Waals surface area contributed by atoms with E-state index in [1.165, 1.54) is 15.0 Å². The van der Waals surface area contributed by atoms with Crippen LogP contribution in [0.15, 0.2) is 149 Å². The molecule has 2 N–H and O–H groups in total. The van der Waals surface area contributed by atoms with E-state index in [0.29, 0.717) is 0 Å². The summed E-state index contributed by atoms with van der Waals surface area (Å²) in [4.78, 5) is 20.9. The van der Waals surface area contributed by atoms with Crippen molar-refractivity contribution in [3.63, 3.8) is 0 Å². The maximum Gasteiger partial charge on any atom is 0.159 e. The topological polar surface area (TPSA) is 74.6 Å². The van der Waals surface area contributed by atoms with Crippen molar-refractivity contribution in [2.45, 2.75) is 40.0 Å². The van der Waals surface area contributed by atoms with Crippen LogP contribution in [0.3, 0.4) is 0 Å². The zero-order valence-corrected chi connectivity index (χ0v) is 30.9. The van der Waals surface area contributed by atoms with Crippen LogP contribution in [0.1, 0.15) is 59.1 Å². The monoisotopic (exact) mass is 706 g/mol. The summed E-state index contributed by atoms with van der Waals surface area (Å²) < 4.78 is 1.24. The molecule has 2 unspecified atom stereocenters. The van der Waals surface area contributed by atoms with Gasteiger partial charge in [0.05, 0.1) is 16.3 Å². The minimum absolute atomic E-state index is 0.0950. The fraction of sp³-hybridized carbons (Fsp3) is 0.130. The van der Waals surface area contributed by atoms with Crippen LogP contribution in [-0.2, 0) is 0 Å². The second kappa shape index (κ2) is 13.4. The molecule has 4 heterocycles. The summed E-state index contributed by atoms with van der Waals surface area (Å²) in [5.74, 6) is 0.745. The van der Waals surface area contributed by atoms with E-state index in [9.17, 15) is 0 Å². The van der Waals surface area contributed by atoms with Gasteiger partial charge >= 0.3 is 0 Å². The van der Waals surface area contributed by atoms with E-state index in [0.717, 1.165) is 84.5 Å². The summed E-state index contributed by atoms with van der Waals surface area (Å²) in [5.41, 5.74) is 15.0. The first-order chi connectivity index (χ1) is 25.8. The number of fused-ring (bicyclic) bond motifs is 3. The Kier molecular flexibility index (Phi) is 8.28. The van der Waals surface area contributed by atoms with Gasteiger partial charge in [0.1, 0.15) is 12.3 Å². The van der Waals surface area contributed by atoms with Gasteiger partial charge in [-0.05, 0) is 97.5 Å². The van der Waals surface area contributed by atoms with Gasteiger partial charge in [0.25, 0.3) is 0 Å². The lowest BCUT2D eigenvalue weighted by molar-refractivity contribution is 0.619. The second-order valence-corrected chi connectivity index (χ2v) is 14.9. The molecular weight excluding hydrogens is 669 g/mol. The summed E-state index contributed by atoms with van der Waals surface area (Å²) >= 11 is 1.79. The van der Waals surface area contributed by atoms with Gasteiger partial charge in [-0.3, -0.25) is 9.98 Å². The Morgan fingerprint density at radius 3 is 1.85 bits per heavy atom. The van der Waals surface area contributed by atoms with Crippen molar-refractivity contribution in [2.75, 3.05) is 5.32 Å². The number of rotatable bonds is 6. The second-order valence-electron chi connectivity index (χ2n) is 13.9. The molecule has 0 amide bonds. The number of aromatic nitrogens is 2. The zero-order chi connectivity index (χ0) is 36.1. The van der Waals surface area contributed by atoms with Crippen molar-refractivity contribution in [3.8, 4) is 33.6 Å². The summed E-state index contributed by atoms with van der Waals surface area (Å²) in [7, 11) is 0. The van der Waals surface area contributed by atoms with Gasteiger partial charge in [-0.1, -0.05) is 97.1 Å². The fourth-order valence-corrected chi connectivity index (χ4v) is 8.53. The molecule has 0 bridgehead atoms. The lowest BCUT2D eigenvalue weighted by Crippen LogP contribution is -2.22. The Bertz CT molecular complexity index is 2580. The van der Waals surface area contributed by atoms with Gasteiger partial charge in [-0.25, -0.2) is 9.97 Å². The third-order valence-corrected chi connectivity index (χ3v) is 11.0. The average molecular weight is 707 g/mol. The van der Waals surface area contributed by atoms with Crippen molar-refractivity contribution in [2.24, 2.45) is 9.98 Å². The molecule has 2 aliphatic heterocycles. The zero-order valence-electron chi connectivity index (χ0n) is 30.1. The van der Waals surface area contributed by atoms with E-state index >= 15 is 0 Å². The molecule has 6 nitrogen and oxygen atoms in total. The Morgan fingerprint density at radius 2 is 1.15 bits per heavy atom. The molecule has 2 aromatic heterocycles. The molecular formula is C46H38N6S. The SMILES string of the molecule is CC1=CC(C)=NC(c2ccc(-c3cc(-c4ccc(-c5nc(C)cc(C)n5)cc4)cc(C4N=C(c5ccccc5)c5sc6ccccc6c5N4)c3)cc2)N1. The van der Waals surface area contributed by atoms with E-state index in [4.69, 9.17) is 20.0 Å². The highest BCUT2D eigenvalue weighted by Crippen LogP contribution is 2.44. The van der Waals surface area contributed by atoms with Crippen molar-refractivity contribution < 1.29 is 0 Å². The molecule has 0 saturated heterocycles. The van der Waals surface area contributed by atoms with E-state index in [-0.39, 0.29) is 12.3 Å². The average Bonchev–Trinajstić information content (AvgIpc) is 3.56. The van der Waals surface area contributed by atoms with Crippen LogP contribution in [0.25, 0.3) is 43.7 Å². The third kappa shape index (κ3) is 6.45. The molecule has 0 fully saturated rings. The van der Waals surface area contributed by atoms with Crippen LogP contribution in [0.4, 0.5) is 5.69 Å². The van der Waals surface area contributed by atoms with Gasteiger partial charge < -0.3 is 10.6 Å². The van der Waals surface area contributed by atoms with Gasteiger partial charge in [-0.15, -0.1) is 11.3 Å². The highest BCUT2D eigenvalue weighted by atomic mass is 32.1. The first-order valence-electron chi connectivity index (χ1n) is 17.9. The fourth-order valence-electron chi connectivity index (χ4n) is 7.34.